The second-order valence-electron chi connectivity index (χ2n) is 7.63. The van der Waals surface area contributed by atoms with Crippen LogP contribution in [0.2, 0.25) is 0 Å². The minimum absolute atomic E-state index is 0.0516. The summed E-state index contributed by atoms with van der Waals surface area (Å²) in [5.74, 6) is -0.395. The number of rotatable bonds is 8. The number of aromatic nitrogens is 1. The molecule has 1 aromatic heterocycles. The van der Waals surface area contributed by atoms with Crippen LogP contribution in [0.15, 0.2) is 47.3 Å². The second-order valence-corrected chi connectivity index (χ2v) is 8.62. The molecule has 0 saturated heterocycles. The highest BCUT2D eigenvalue weighted by Gasteiger charge is 2.34. The van der Waals surface area contributed by atoms with Gasteiger partial charge in [0.05, 0.1) is 21.3 Å². The van der Waals surface area contributed by atoms with E-state index >= 15 is 0 Å². The maximum Gasteiger partial charge on any atom is 0.307 e. The minimum atomic E-state index is -0.198. The van der Waals surface area contributed by atoms with Crippen molar-refractivity contribution in [3.05, 3.63) is 68.8 Å². The van der Waals surface area contributed by atoms with Crippen molar-refractivity contribution in [3.63, 3.8) is 0 Å². The van der Waals surface area contributed by atoms with Gasteiger partial charge in [-0.15, -0.1) is 0 Å². The Bertz CT molecular complexity index is 1130. The van der Waals surface area contributed by atoms with Gasteiger partial charge in [0.1, 0.15) is 0 Å². The monoisotopic (exact) mass is 423 g/mol. The fraction of sp³-hybridized carbons (Fsp3) is 0.348. The van der Waals surface area contributed by atoms with Gasteiger partial charge in [0.25, 0.3) is 11.8 Å². The summed E-state index contributed by atoms with van der Waals surface area (Å²) in [6.07, 6.45) is 1.86. The molecule has 30 heavy (non-hydrogen) atoms. The fourth-order valence-corrected chi connectivity index (χ4v) is 4.90. The molecule has 0 bridgehead atoms. The van der Waals surface area contributed by atoms with Crippen LogP contribution < -0.4 is 4.87 Å². The van der Waals surface area contributed by atoms with E-state index in [-0.39, 0.29) is 16.7 Å². The Labute approximate surface area is 179 Å². The largest absolute Gasteiger partial charge is 0.307 e. The number of nitrogens with zero attached hydrogens (tertiary/aromatic N) is 3. The number of hydrogen-bond acceptors (Lipinski definition) is 5. The van der Waals surface area contributed by atoms with Crippen molar-refractivity contribution >= 4 is 33.4 Å². The standard InChI is InChI=1S/C23H25N3O3S/c1-3-11-25(12-10-16-8-9-19-20(15-16)30-23(29)24(19)2)13-14-26-21(27)17-6-4-5-7-18(17)22(26)28/h4-9,15H,3,10-14H2,1-2H3. The number of carbonyl (C=O) groups is 2. The maximum absolute atomic E-state index is 12.6. The highest BCUT2D eigenvalue weighted by molar-refractivity contribution is 7.16. The van der Waals surface area contributed by atoms with Gasteiger partial charge in [-0.1, -0.05) is 36.5 Å². The Morgan fingerprint density at radius 2 is 1.63 bits per heavy atom. The Morgan fingerprint density at radius 3 is 2.30 bits per heavy atom. The molecule has 0 N–H and O–H groups in total. The third kappa shape index (κ3) is 3.82. The topological polar surface area (TPSA) is 62.6 Å². The summed E-state index contributed by atoms with van der Waals surface area (Å²) in [6, 6.07) is 13.2. The van der Waals surface area contributed by atoms with Crippen molar-refractivity contribution in [2.45, 2.75) is 19.8 Å². The molecular formula is C23H25N3O3S. The third-order valence-electron chi connectivity index (χ3n) is 5.63. The minimum Gasteiger partial charge on any atom is -0.302 e. The Morgan fingerprint density at radius 1 is 0.933 bits per heavy atom. The van der Waals surface area contributed by atoms with Crippen LogP contribution in [-0.2, 0) is 13.5 Å². The number of carbonyl (C=O) groups excluding carboxylic acids is 2. The van der Waals surface area contributed by atoms with E-state index < -0.39 is 0 Å². The van der Waals surface area contributed by atoms with E-state index in [0.29, 0.717) is 24.2 Å². The molecule has 0 aliphatic carbocycles. The lowest BCUT2D eigenvalue weighted by Crippen LogP contribution is -2.39. The Hall–Kier alpha value is -2.77. The molecule has 0 fully saturated rings. The van der Waals surface area contributed by atoms with Gasteiger partial charge in [-0.2, -0.15) is 0 Å². The van der Waals surface area contributed by atoms with Gasteiger partial charge in [-0.3, -0.25) is 19.3 Å². The average Bonchev–Trinajstić information content (AvgIpc) is 3.17. The summed E-state index contributed by atoms with van der Waals surface area (Å²) in [4.78, 5) is 40.7. The highest BCUT2D eigenvalue weighted by Crippen LogP contribution is 2.22. The molecule has 3 aromatic rings. The van der Waals surface area contributed by atoms with E-state index in [2.05, 4.69) is 24.0 Å². The molecule has 0 atom stereocenters. The van der Waals surface area contributed by atoms with Crippen molar-refractivity contribution in [2.24, 2.45) is 7.05 Å². The first-order chi connectivity index (χ1) is 14.5. The summed E-state index contributed by atoms with van der Waals surface area (Å²) in [5.41, 5.74) is 3.15. The van der Waals surface area contributed by atoms with Crippen molar-refractivity contribution < 1.29 is 9.59 Å². The first-order valence-corrected chi connectivity index (χ1v) is 11.1. The number of fused-ring (bicyclic) bond motifs is 2. The molecular weight excluding hydrogens is 398 g/mol. The molecule has 2 heterocycles. The number of thiazole rings is 1. The van der Waals surface area contributed by atoms with E-state index in [1.165, 1.54) is 21.8 Å². The predicted molar refractivity (Wildman–Crippen MR) is 119 cm³/mol. The third-order valence-corrected chi connectivity index (χ3v) is 6.63. The summed E-state index contributed by atoms with van der Waals surface area (Å²) >= 11 is 1.27. The zero-order valence-electron chi connectivity index (χ0n) is 17.3. The number of imide groups is 1. The van der Waals surface area contributed by atoms with E-state index in [9.17, 15) is 14.4 Å². The normalized spacial score (nSPS) is 13.6. The van der Waals surface area contributed by atoms with Crippen molar-refractivity contribution in [1.29, 1.82) is 0 Å². The first kappa shape index (κ1) is 20.5. The molecule has 156 valence electrons. The lowest BCUT2D eigenvalue weighted by molar-refractivity contribution is 0.0636. The molecule has 0 unspecified atom stereocenters. The van der Waals surface area contributed by atoms with E-state index in [4.69, 9.17) is 0 Å². The average molecular weight is 424 g/mol. The predicted octanol–water partition coefficient (Wildman–Crippen LogP) is 3.15. The summed E-state index contributed by atoms with van der Waals surface area (Å²) in [6.45, 7) is 4.92. The van der Waals surface area contributed by atoms with Crippen LogP contribution in [0.3, 0.4) is 0 Å². The second kappa shape index (κ2) is 8.53. The summed E-state index contributed by atoms with van der Waals surface area (Å²) in [7, 11) is 1.79. The molecule has 0 spiro atoms. The van der Waals surface area contributed by atoms with Crippen LogP contribution >= 0.6 is 11.3 Å². The van der Waals surface area contributed by atoms with E-state index in [0.717, 1.165) is 36.1 Å². The lowest BCUT2D eigenvalue weighted by atomic mass is 10.1. The van der Waals surface area contributed by atoms with Crippen molar-refractivity contribution in [2.75, 3.05) is 26.2 Å². The van der Waals surface area contributed by atoms with E-state index in [1.807, 2.05) is 6.07 Å². The van der Waals surface area contributed by atoms with Crippen molar-refractivity contribution in [3.8, 4) is 0 Å². The first-order valence-electron chi connectivity index (χ1n) is 10.3. The number of hydrogen-bond donors (Lipinski definition) is 0. The summed E-state index contributed by atoms with van der Waals surface area (Å²) in [5, 5.41) is 0. The molecule has 0 saturated carbocycles. The molecule has 4 rings (SSSR count). The highest BCUT2D eigenvalue weighted by atomic mass is 32.1. The Balaban J connectivity index is 1.39. The van der Waals surface area contributed by atoms with Crippen LogP contribution in [-0.4, -0.2) is 52.4 Å². The van der Waals surface area contributed by atoms with Crippen LogP contribution in [0.1, 0.15) is 39.6 Å². The summed E-state index contributed by atoms with van der Waals surface area (Å²) < 4.78 is 2.68. The van der Waals surface area contributed by atoms with Gasteiger partial charge in [0.2, 0.25) is 0 Å². The van der Waals surface area contributed by atoms with Crippen LogP contribution in [0.25, 0.3) is 10.2 Å². The van der Waals surface area contributed by atoms with Crippen LogP contribution in [0.4, 0.5) is 0 Å². The molecule has 1 aliphatic rings. The van der Waals surface area contributed by atoms with Crippen LogP contribution in [0, 0.1) is 0 Å². The van der Waals surface area contributed by atoms with Gasteiger partial charge >= 0.3 is 4.87 Å². The van der Waals surface area contributed by atoms with Gasteiger partial charge in [-0.05, 0) is 49.2 Å². The van der Waals surface area contributed by atoms with Gasteiger partial charge in [-0.25, -0.2) is 0 Å². The number of benzene rings is 2. The molecule has 0 radical (unpaired) electrons. The van der Waals surface area contributed by atoms with Crippen molar-refractivity contribution in [1.82, 2.24) is 14.4 Å². The van der Waals surface area contributed by atoms with E-state index in [1.54, 1.807) is 35.9 Å². The SMILES string of the molecule is CCCN(CCc1ccc2c(c1)sc(=O)n2C)CCN1C(=O)c2ccccc2C1=O. The Kier molecular flexibility index (Phi) is 5.83. The number of aryl methyl sites for hydroxylation is 1. The molecule has 2 amide bonds. The number of amides is 2. The smallest absolute Gasteiger partial charge is 0.302 e. The molecule has 6 nitrogen and oxygen atoms in total. The van der Waals surface area contributed by atoms with Gasteiger partial charge in [0, 0.05) is 26.7 Å². The fourth-order valence-electron chi connectivity index (χ4n) is 3.96. The zero-order valence-corrected chi connectivity index (χ0v) is 18.1. The molecule has 2 aromatic carbocycles. The molecule has 7 heteroatoms. The van der Waals surface area contributed by atoms with Gasteiger partial charge < -0.3 is 9.47 Å². The molecule has 1 aliphatic heterocycles. The van der Waals surface area contributed by atoms with Crippen LogP contribution in [0.5, 0.6) is 0 Å². The zero-order chi connectivity index (χ0) is 21.3. The van der Waals surface area contributed by atoms with Gasteiger partial charge in [0.15, 0.2) is 0 Å². The maximum atomic E-state index is 12.6. The quantitative estimate of drug-likeness (QED) is 0.522. The lowest BCUT2D eigenvalue weighted by Gasteiger charge is -2.24.